The van der Waals surface area contributed by atoms with Crippen LogP contribution in [-0.4, -0.2) is 11.9 Å². The van der Waals surface area contributed by atoms with Gasteiger partial charge in [0.05, 0.1) is 0 Å². The van der Waals surface area contributed by atoms with Crippen LogP contribution in [0.15, 0.2) is 18.2 Å². The molecule has 0 atom stereocenters. The lowest BCUT2D eigenvalue weighted by Crippen LogP contribution is -2.40. The monoisotopic (exact) mass is 231 g/mol. The lowest BCUT2D eigenvalue weighted by molar-refractivity contribution is -0.119. The Labute approximate surface area is 104 Å². The molecule has 0 saturated carbocycles. The molecule has 0 aliphatic carbocycles. The Morgan fingerprint density at radius 3 is 2.41 bits per heavy atom. The molecule has 0 unspecified atom stereocenters. The first-order valence-electron chi connectivity index (χ1n) is 6.45. The molecule has 17 heavy (non-hydrogen) atoms. The van der Waals surface area contributed by atoms with Crippen LogP contribution in [0, 0.1) is 0 Å². The maximum atomic E-state index is 11.9. The molecule has 92 valence electrons. The third kappa shape index (κ3) is 2.21. The van der Waals surface area contributed by atoms with Crippen molar-refractivity contribution in [2.75, 3.05) is 4.90 Å². The fourth-order valence-corrected chi connectivity index (χ4v) is 2.46. The van der Waals surface area contributed by atoms with E-state index in [2.05, 4.69) is 45.9 Å². The third-order valence-electron chi connectivity index (χ3n) is 3.42. The molecule has 0 spiro atoms. The van der Waals surface area contributed by atoms with E-state index in [4.69, 9.17) is 0 Å². The average molecular weight is 231 g/mol. The van der Waals surface area contributed by atoms with Crippen LogP contribution < -0.4 is 4.90 Å². The quantitative estimate of drug-likeness (QED) is 0.763. The molecule has 0 bridgehead atoms. The van der Waals surface area contributed by atoms with E-state index in [1.165, 1.54) is 11.1 Å². The zero-order valence-electron chi connectivity index (χ0n) is 11.2. The first kappa shape index (κ1) is 12.2. The van der Waals surface area contributed by atoms with Gasteiger partial charge in [0.25, 0.3) is 0 Å². The standard InChI is InChI=1S/C15H21NO/c1-10(2)12-5-7-14-13(9-12)6-8-15(17)16(14)11(3)4/h5,7,9-11H,6,8H2,1-4H3. The van der Waals surface area contributed by atoms with Crippen LogP contribution >= 0.6 is 0 Å². The fourth-order valence-electron chi connectivity index (χ4n) is 2.46. The normalized spacial score (nSPS) is 15.6. The Morgan fingerprint density at radius 1 is 1.12 bits per heavy atom. The van der Waals surface area contributed by atoms with Crippen molar-refractivity contribution >= 4 is 11.6 Å². The number of nitrogens with zero attached hydrogens (tertiary/aromatic N) is 1. The van der Waals surface area contributed by atoms with Gasteiger partial charge in [-0.2, -0.15) is 0 Å². The lowest BCUT2D eigenvalue weighted by atomic mass is 9.94. The Hall–Kier alpha value is -1.31. The molecule has 2 rings (SSSR count). The van der Waals surface area contributed by atoms with Gasteiger partial charge in [0, 0.05) is 18.2 Å². The summed E-state index contributed by atoms with van der Waals surface area (Å²) in [6.07, 6.45) is 1.53. The first-order chi connectivity index (χ1) is 8.00. The van der Waals surface area contributed by atoms with Crippen molar-refractivity contribution in [1.29, 1.82) is 0 Å². The molecule has 0 N–H and O–H groups in total. The molecule has 0 saturated heterocycles. The van der Waals surface area contributed by atoms with E-state index in [0.29, 0.717) is 12.3 Å². The van der Waals surface area contributed by atoms with Gasteiger partial charge in [-0.3, -0.25) is 4.79 Å². The Morgan fingerprint density at radius 2 is 1.82 bits per heavy atom. The minimum atomic E-state index is 0.242. The zero-order chi connectivity index (χ0) is 12.6. The average Bonchev–Trinajstić information content (AvgIpc) is 2.27. The maximum absolute atomic E-state index is 11.9. The second-order valence-electron chi connectivity index (χ2n) is 5.40. The largest absolute Gasteiger partial charge is 0.310 e. The number of hydrogen-bond acceptors (Lipinski definition) is 1. The van der Waals surface area contributed by atoms with Crippen molar-refractivity contribution in [2.45, 2.75) is 52.5 Å². The van der Waals surface area contributed by atoms with Crippen LogP contribution in [0.4, 0.5) is 5.69 Å². The molecule has 1 aliphatic rings. The van der Waals surface area contributed by atoms with Gasteiger partial charge in [0.1, 0.15) is 0 Å². The van der Waals surface area contributed by atoms with Gasteiger partial charge < -0.3 is 4.90 Å². The van der Waals surface area contributed by atoms with Gasteiger partial charge in [-0.1, -0.05) is 26.0 Å². The van der Waals surface area contributed by atoms with Crippen LogP contribution in [0.2, 0.25) is 0 Å². The molecule has 1 aromatic rings. The predicted octanol–water partition coefficient (Wildman–Crippen LogP) is 3.50. The predicted molar refractivity (Wildman–Crippen MR) is 71.5 cm³/mol. The van der Waals surface area contributed by atoms with Gasteiger partial charge in [0.15, 0.2) is 0 Å². The number of anilines is 1. The Bertz CT molecular complexity index is 435. The van der Waals surface area contributed by atoms with Crippen LogP contribution in [0.1, 0.15) is 51.2 Å². The lowest BCUT2D eigenvalue weighted by Gasteiger charge is -2.33. The number of carbonyl (C=O) groups is 1. The van der Waals surface area contributed by atoms with E-state index in [0.717, 1.165) is 12.1 Å². The molecule has 0 fully saturated rings. The fraction of sp³-hybridized carbons (Fsp3) is 0.533. The summed E-state index contributed by atoms with van der Waals surface area (Å²) in [6, 6.07) is 6.77. The summed E-state index contributed by atoms with van der Waals surface area (Å²) in [5.74, 6) is 0.801. The number of amides is 1. The van der Waals surface area contributed by atoms with Crippen LogP contribution in [0.3, 0.4) is 0 Å². The van der Waals surface area contributed by atoms with Gasteiger partial charge >= 0.3 is 0 Å². The van der Waals surface area contributed by atoms with E-state index in [1.807, 2.05) is 4.90 Å². The number of carbonyl (C=O) groups excluding carboxylic acids is 1. The second-order valence-corrected chi connectivity index (χ2v) is 5.40. The highest BCUT2D eigenvalue weighted by atomic mass is 16.2. The molecule has 0 aromatic heterocycles. The molecule has 2 nitrogen and oxygen atoms in total. The topological polar surface area (TPSA) is 20.3 Å². The van der Waals surface area contributed by atoms with E-state index >= 15 is 0 Å². The van der Waals surface area contributed by atoms with Crippen molar-refractivity contribution < 1.29 is 4.79 Å². The summed E-state index contributed by atoms with van der Waals surface area (Å²) in [5.41, 5.74) is 3.80. The summed E-state index contributed by atoms with van der Waals surface area (Å²) >= 11 is 0. The highest BCUT2D eigenvalue weighted by Gasteiger charge is 2.26. The Kier molecular flexibility index (Phi) is 3.23. The second kappa shape index (κ2) is 4.52. The maximum Gasteiger partial charge on any atom is 0.227 e. The zero-order valence-corrected chi connectivity index (χ0v) is 11.2. The minimum absolute atomic E-state index is 0.242. The number of hydrogen-bond donors (Lipinski definition) is 0. The smallest absolute Gasteiger partial charge is 0.227 e. The number of benzene rings is 1. The summed E-state index contributed by atoms with van der Waals surface area (Å²) in [5, 5.41) is 0. The van der Waals surface area contributed by atoms with Gasteiger partial charge in [-0.15, -0.1) is 0 Å². The molecular formula is C15H21NO. The van der Waals surface area contributed by atoms with Crippen molar-refractivity contribution in [3.05, 3.63) is 29.3 Å². The van der Waals surface area contributed by atoms with Gasteiger partial charge in [0.2, 0.25) is 5.91 Å². The van der Waals surface area contributed by atoms with Crippen molar-refractivity contribution in [2.24, 2.45) is 0 Å². The minimum Gasteiger partial charge on any atom is -0.310 e. The number of aryl methyl sites for hydroxylation is 1. The molecule has 1 aliphatic heterocycles. The van der Waals surface area contributed by atoms with E-state index in [-0.39, 0.29) is 11.9 Å². The molecule has 2 heteroatoms. The Balaban J connectivity index is 2.44. The van der Waals surface area contributed by atoms with Crippen LogP contribution in [0.5, 0.6) is 0 Å². The molecular weight excluding hydrogens is 210 g/mol. The van der Waals surface area contributed by atoms with Crippen molar-refractivity contribution in [3.63, 3.8) is 0 Å². The summed E-state index contributed by atoms with van der Waals surface area (Å²) in [4.78, 5) is 13.9. The van der Waals surface area contributed by atoms with Crippen molar-refractivity contribution in [3.8, 4) is 0 Å². The SMILES string of the molecule is CC(C)c1ccc2c(c1)CCC(=O)N2C(C)C. The third-order valence-corrected chi connectivity index (χ3v) is 3.42. The summed E-state index contributed by atoms with van der Waals surface area (Å²) < 4.78 is 0. The van der Waals surface area contributed by atoms with Gasteiger partial charge in [-0.25, -0.2) is 0 Å². The van der Waals surface area contributed by atoms with Crippen LogP contribution in [0.25, 0.3) is 0 Å². The molecule has 1 heterocycles. The highest BCUT2D eigenvalue weighted by Crippen LogP contribution is 2.31. The van der Waals surface area contributed by atoms with Gasteiger partial charge in [-0.05, 0) is 43.4 Å². The summed E-state index contributed by atoms with van der Waals surface area (Å²) in [7, 11) is 0. The van der Waals surface area contributed by atoms with Crippen LogP contribution in [-0.2, 0) is 11.2 Å². The summed E-state index contributed by atoms with van der Waals surface area (Å²) in [6.45, 7) is 8.55. The molecule has 0 radical (unpaired) electrons. The number of fused-ring (bicyclic) bond motifs is 1. The van der Waals surface area contributed by atoms with E-state index < -0.39 is 0 Å². The highest BCUT2D eigenvalue weighted by molar-refractivity contribution is 5.96. The molecule has 1 amide bonds. The van der Waals surface area contributed by atoms with E-state index in [1.54, 1.807) is 0 Å². The van der Waals surface area contributed by atoms with E-state index in [9.17, 15) is 4.79 Å². The molecule has 1 aromatic carbocycles. The first-order valence-corrected chi connectivity index (χ1v) is 6.45. The number of rotatable bonds is 2. The van der Waals surface area contributed by atoms with Crippen molar-refractivity contribution in [1.82, 2.24) is 0 Å².